The van der Waals surface area contributed by atoms with E-state index < -0.39 is 71.2 Å². The zero-order chi connectivity index (χ0) is 48.4. The molecule has 66 heavy (non-hydrogen) atoms. The first kappa shape index (κ1) is 61.1. The SMILES string of the molecule is CC/C=C/C=C/C=C/C=C/CCCCCCCC(=O)OC[C@H](CO[C@H]1O[C@H](CS(=O)(=O)O)[C@@H](O)C(O)C1O)OC(=O)CCC/C=C/CC/C=C/CCCCCCCCCCCCCCCC. The van der Waals surface area contributed by atoms with Crippen molar-refractivity contribution in [1.29, 1.82) is 0 Å². The lowest BCUT2D eigenvalue weighted by molar-refractivity contribution is -0.297. The number of allylic oxidation sites excluding steroid dienone is 12. The van der Waals surface area contributed by atoms with E-state index in [0.717, 1.165) is 57.8 Å². The van der Waals surface area contributed by atoms with Crippen LogP contribution >= 0.6 is 0 Å². The molecule has 1 fully saturated rings. The van der Waals surface area contributed by atoms with Crippen LogP contribution in [0, 0.1) is 0 Å². The fourth-order valence-electron chi connectivity index (χ4n) is 7.41. The van der Waals surface area contributed by atoms with Crippen LogP contribution in [-0.2, 0) is 38.7 Å². The minimum Gasteiger partial charge on any atom is -0.462 e. The fourth-order valence-corrected chi connectivity index (χ4v) is 8.10. The Labute approximate surface area is 399 Å². The minimum absolute atomic E-state index is 0.0958. The van der Waals surface area contributed by atoms with Crippen LogP contribution in [0.4, 0.5) is 0 Å². The Morgan fingerprint density at radius 3 is 1.56 bits per heavy atom. The van der Waals surface area contributed by atoms with Gasteiger partial charge < -0.3 is 34.3 Å². The highest BCUT2D eigenvalue weighted by atomic mass is 32.2. The highest BCUT2D eigenvalue weighted by Gasteiger charge is 2.46. The number of unbranched alkanes of at least 4 members (excludes halogenated alkanes) is 21. The monoisotopic (exact) mass is 951 g/mol. The van der Waals surface area contributed by atoms with Crippen LogP contribution < -0.4 is 0 Å². The number of carbonyl (C=O) groups is 2. The molecule has 0 spiro atoms. The van der Waals surface area contributed by atoms with Gasteiger partial charge in [-0.3, -0.25) is 14.1 Å². The van der Waals surface area contributed by atoms with Crippen molar-refractivity contribution in [2.45, 2.75) is 230 Å². The Morgan fingerprint density at radius 2 is 1.00 bits per heavy atom. The topological polar surface area (TPSA) is 186 Å². The molecular weight excluding hydrogens is 861 g/mol. The molecule has 4 N–H and O–H groups in total. The molecule has 12 nitrogen and oxygen atoms in total. The summed E-state index contributed by atoms with van der Waals surface area (Å²) in [6, 6.07) is 0. The summed E-state index contributed by atoms with van der Waals surface area (Å²) >= 11 is 0. The summed E-state index contributed by atoms with van der Waals surface area (Å²) in [5.41, 5.74) is 0. The third-order valence-corrected chi connectivity index (χ3v) is 12.1. The first-order valence-corrected chi connectivity index (χ1v) is 27.2. The molecule has 0 aliphatic carbocycles. The number of esters is 2. The second-order valence-corrected chi connectivity index (χ2v) is 19.0. The molecule has 13 heteroatoms. The van der Waals surface area contributed by atoms with Crippen molar-refractivity contribution >= 4 is 22.1 Å². The first-order chi connectivity index (χ1) is 32.0. The largest absolute Gasteiger partial charge is 0.462 e. The number of aliphatic hydroxyl groups is 3. The molecule has 0 amide bonds. The molecule has 0 bridgehead atoms. The lowest BCUT2D eigenvalue weighted by atomic mass is 10.00. The van der Waals surface area contributed by atoms with Crippen LogP contribution in [0.2, 0.25) is 0 Å². The average Bonchev–Trinajstić information content (AvgIpc) is 3.28. The third-order valence-electron chi connectivity index (χ3n) is 11.3. The van der Waals surface area contributed by atoms with Gasteiger partial charge in [0.15, 0.2) is 12.4 Å². The van der Waals surface area contributed by atoms with Crippen LogP contribution in [0.3, 0.4) is 0 Å². The molecule has 1 aliphatic heterocycles. The van der Waals surface area contributed by atoms with Crippen LogP contribution in [0.5, 0.6) is 0 Å². The number of aliphatic hydroxyl groups excluding tert-OH is 3. The van der Waals surface area contributed by atoms with Gasteiger partial charge in [0, 0.05) is 12.8 Å². The van der Waals surface area contributed by atoms with E-state index in [-0.39, 0.29) is 19.4 Å². The molecule has 2 unspecified atom stereocenters. The summed E-state index contributed by atoms with van der Waals surface area (Å²) in [5, 5.41) is 30.9. The maximum atomic E-state index is 12.9. The van der Waals surface area contributed by atoms with Gasteiger partial charge in [-0.1, -0.05) is 189 Å². The number of hydrogen-bond donors (Lipinski definition) is 4. The quantitative estimate of drug-likeness (QED) is 0.0149. The van der Waals surface area contributed by atoms with Crippen molar-refractivity contribution in [3.8, 4) is 0 Å². The summed E-state index contributed by atoms with van der Waals surface area (Å²) in [6.45, 7) is 3.59. The summed E-state index contributed by atoms with van der Waals surface area (Å²) in [4.78, 5) is 25.5. The molecule has 1 heterocycles. The van der Waals surface area contributed by atoms with Gasteiger partial charge in [-0.25, -0.2) is 0 Å². The van der Waals surface area contributed by atoms with Gasteiger partial charge in [-0.15, -0.1) is 0 Å². The van der Waals surface area contributed by atoms with Gasteiger partial charge in [0.1, 0.15) is 36.8 Å². The van der Waals surface area contributed by atoms with E-state index in [9.17, 15) is 37.9 Å². The summed E-state index contributed by atoms with van der Waals surface area (Å²) in [5.74, 6) is -2.07. The van der Waals surface area contributed by atoms with Crippen molar-refractivity contribution in [3.05, 3.63) is 72.9 Å². The van der Waals surface area contributed by atoms with Gasteiger partial charge in [0.25, 0.3) is 10.1 Å². The Kier molecular flexibility index (Phi) is 39.1. The molecule has 0 radical (unpaired) electrons. The van der Waals surface area contributed by atoms with Crippen LogP contribution in [0.25, 0.3) is 0 Å². The van der Waals surface area contributed by atoms with E-state index in [0.29, 0.717) is 19.3 Å². The fraction of sp³-hybridized carbons (Fsp3) is 0.736. The van der Waals surface area contributed by atoms with Gasteiger partial charge >= 0.3 is 11.9 Å². The number of ether oxygens (including phenoxy) is 4. The predicted molar refractivity (Wildman–Crippen MR) is 265 cm³/mol. The zero-order valence-corrected chi connectivity index (χ0v) is 41.6. The van der Waals surface area contributed by atoms with E-state index in [2.05, 4.69) is 44.2 Å². The number of hydrogen-bond acceptors (Lipinski definition) is 11. The summed E-state index contributed by atoms with van der Waals surface area (Å²) in [6.07, 6.45) is 45.3. The van der Waals surface area contributed by atoms with Crippen molar-refractivity contribution in [2.75, 3.05) is 19.0 Å². The lowest BCUT2D eigenvalue weighted by Crippen LogP contribution is -2.60. The van der Waals surface area contributed by atoms with Crippen molar-refractivity contribution in [2.24, 2.45) is 0 Å². The lowest BCUT2D eigenvalue weighted by Gasteiger charge is -2.40. The Balaban J connectivity index is 2.41. The van der Waals surface area contributed by atoms with Gasteiger partial charge in [-0.05, 0) is 64.2 Å². The third kappa shape index (κ3) is 36.2. The molecule has 380 valence electrons. The standard InChI is InChI=1S/C53H90O12S/c1-3-5-7-9-11-13-15-17-19-20-21-22-23-24-25-26-28-30-32-34-36-38-40-42-49(55)64-46(44-63-53-52(58)51(57)50(56)47(65-53)45-66(59,60)61)43-62-48(54)41-39-37-35-33-31-29-27-18-16-14-12-10-8-6-4-2/h6,8,10,12,14,16,18,26-28,34,36,46-47,50-53,56-58H,3-5,7,9,11,13,15,17,19-25,29-33,35,37-45H2,1-2H3,(H,59,60,61)/b8-6+,12-10+,16-14+,27-18+,28-26+,36-34+/t46-,47-,50-,51?,52?,53+/m1/s1. The molecule has 0 aromatic heterocycles. The van der Waals surface area contributed by atoms with Crippen molar-refractivity contribution in [1.82, 2.24) is 0 Å². The highest BCUT2D eigenvalue weighted by Crippen LogP contribution is 2.24. The molecule has 0 aromatic carbocycles. The highest BCUT2D eigenvalue weighted by molar-refractivity contribution is 7.85. The smallest absolute Gasteiger partial charge is 0.306 e. The number of carbonyl (C=O) groups excluding carboxylic acids is 2. The summed E-state index contributed by atoms with van der Waals surface area (Å²) < 4.78 is 54.1. The molecule has 6 atom stereocenters. The van der Waals surface area contributed by atoms with E-state index in [1.807, 2.05) is 42.5 Å². The second kappa shape index (κ2) is 42.2. The zero-order valence-electron chi connectivity index (χ0n) is 40.8. The van der Waals surface area contributed by atoms with E-state index in [4.69, 9.17) is 18.9 Å². The van der Waals surface area contributed by atoms with Crippen molar-refractivity contribution in [3.63, 3.8) is 0 Å². The van der Waals surface area contributed by atoms with Gasteiger partial charge in [0.2, 0.25) is 0 Å². The molecule has 1 rings (SSSR count). The Morgan fingerprint density at radius 1 is 0.530 bits per heavy atom. The first-order valence-electron chi connectivity index (χ1n) is 25.5. The van der Waals surface area contributed by atoms with Gasteiger partial charge in [-0.2, -0.15) is 8.42 Å². The van der Waals surface area contributed by atoms with E-state index >= 15 is 0 Å². The maximum Gasteiger partial charge on any atom is 0.306 e. The minimum atomic E-state index is -4.62. The normalized spacial score (nSPS) is 20.0. The molecular formula is C53H90O12S. The molecule has 1 saturated heterocycles. The van der Waals surface area contributed by atoms with E-state index in [1.165, 1.54) is 89.9 Å². The van der Waals surface area contributed by atoms with Crippen LogP contribution in [0.15, 0.2) is 72.9 Å². The molecule has 0 aromatic rings. The van der Waals surface area contributed by atoms with Crippen LogP contribution in [0.1, 0.15) is 194 Å². The average molecular weight is 951 g/mol. The number of rotatable bonds is 42. The van der Waals surface area contributed by atoms with Crippen LogP contribution in [-0.4, -0.2) is 96.0 Å². The summed E-state index contributed by atoms with van der Waals surface area (Å²) in [7, 11) is -4.62. The van der Waals surface area contributed by atoms with E-state index in [1.54, 1.807) is 0 Å². The second-order valence-electron chi connectivity index (χ2n) is 17.5. The predicted octanol–water partition coefficient (Wildman–Crippen LogP) is 11.5. The van der Waals surface area contributed by atoms with Gasteiger partial charge in [0.05, 0.1) is 6.61 Å². The Hall–Kier alpha value is -2.91. The molecule has 0 saturated carbocycles. The van der Waals surface area contributed by atoms with Crippen molar-refractivity contribution < 1.29 is 56.8 Å². The Bertz CT molecular complexity index is 1490. The maximum absolute atomic E-state index is 12.9. The molecule has 1 aliphatic rings.